The van der Waals surface area contributed by atoms with Crippen LogP contribution in [0.5, 0.6) is 0 Å². The van der Waals surface area contributed by atoms with Gasteiger partial charge in [-0.2, -0.15) is 10.2 Å². The molecule has 0 radical (unpaired) electrons. The predicted octanol–water partition coefficient (Wildman–Crippen LogP) is -1.13. The van der Waals surface area contributed by atoms with Gasteiger partial charge >= 0.3 is 5.69 Å². The Bertz CT molecular complexity index is 611. The maximum Gasteiger partial charge on any atom is 0.349 e. The smallest absolute Gasteiger partial charge is 0.349 e. The Balaban J connectivity index is 2.12. The molecule has 114 valence electrons. The minimum atomic E-state index is -1.13. The first kappa shape index (κ1) is 15.4. The van der Waals surface area contributed by atoms with E-state index in [1.807, 2.05) is 0 Å². The van der Waals surface area contributed by atoms with E-state index in [1.54, 1.807) is 6.92 Å². The summed E-state index contributed by atoms with van der Waals surface area (Å²) >= 11 is 0. The zero-order valence-corrected chi connectivity index (χ0v) is 11.6. The van der Waals surface area contributed by atoms with Crippen molar-refractivity contribution < 1.29 is 14.9 Å². The Morgan fingerprint density at radius 2 is 2.38 bits per heavy atom. The molecule has 0 amide bonds. The summed E-state index contributed by atoms with van der Waals surface area (Å²) in [6.45, 7) is 1.50. The van der Waals surface area contributed by atoms with Gasteiger partial charge < -0.3 is 20.7 Å². The van der Waals surface area contributed by atoms with Gasteiger partial charge in [0, 0.05) is 12.7 Å². The molecule has 0 aliphatic carbocycles. The van der Waals surface area contributed by atoms with Crippen molar-refractivity contribution in [2.45, 2.75) is 38.2 Å². The van der Waals surface area contributed by atoms with Gasteiger partial charge in [-0.25, -0.2) is 4.79 Å². The zero-order chi connectivity index (χ0) is 15.6. The van der Waals surface area contributed by atoms with Crippen LogP contribution in [0.25, 0.3) is 0 Å². The summed E-state index contributed by atoms with van der Waals surface area (Å²) in [5, 5.41) is 28.5. The van der Waals surface area contributed by atoms with Gasteiger partial charge in [-0.1, -0.05) is 0 Å². The fraction of sp³-hybridized carbons (Fsp3) is 0.615. The molecule has 1 aromatic heterocycles. The molecule has 2 rings (SSSR count). The van der Waals surface area contributed by atoms with E-state index < -0.39 is 29.4 Å². The van der Waals surface area contributed by atoms with E-state index in [9.17, 15) is 15.2 Å². The number of hydrogen-bond acceptors (Lipinski definition) is 7. The molecule has 1 unspecified atom stereocenters. The normalized spacial score (nSPS) is 32.0. The van der Waals surface area contributed by atoms with Crippen LogP contribution >= 0.6 is 0 Å². The summed E-state index contributed by atoms with van der Waals surface area (Å²) in [7, 11) is 0. The van der Waals surface area contributed by atoms with Crippen LogP contribution in [0, 0.1) is 16.7 Å². The SMILES string of the molecule is C[C@]1(C#N)C(CCn2ccc(N)nc2=O)O[C@H](CO)[C@H]1O. The molecule has 0 spiro atoms. The molecule has 1 aliphatic heterocycles. The molecule has 8 heteroatoms. The first-order chi connectivity index (χ1) is 9.92. The van der Waals surface area contributed by atoms with Crippen LogP contribution in [0.15, 0.2) is 17.1 Å². The van der Waals surface area contributed by atoms with Crippen molar-refractivity contribution in [2.75, 3.05) is 12.3 Å². The highest BCUT2D eigenvalue weighted by Crippen LogP contribution is 2.39. The molecular formula is C13H18N4O4. The number of aliphatic hydroxyl groups is 2. The van der Waals surface area contributed by atoms with Crippen LogP contribution in [0.2, 0.25) is 0 Å². The first-order valence-corrected chi connectivity index (χ1v) is 6.61. The number of nitrogen functional groups attached to an aromatic ring is 1. The Labute approximate surface area is 121 Å². The largest absolute Gasteiger partial charge is 0.394 e. The van der Waals surface area contributed by atoms with Gasteiger partial charge in [0.2, 0.25) is 0 Å². The van der Waals surface area contributed by atoms with Gasteiger partial charge in [0.1, 0.15) is 23.4 Å². The summed E-state index contributed by atoms with van der Waals surface area (Å²) in [5.74, 6) is 0.144. The second kappa shape index (κ2) is 5.81. The molecule has 0 aromatic carbocycles. The van der Waals surface area contributed by atoms with Crippen molar-refractivity contribution in [1.29, 1.82) is 5.26 Å². The number of nitrogens with two attached hydrogens (primary N) is 1. The number of ether oxygens (including phenoxy) is 1. The lowest BCUT2D eigenvalue weighted by molar-refractivity contribution is -0.0248. The fourth-order valence-electron chi connectivity index (χ4n) is 2.52. The minimum absolute atomic E-state index is 0.144. The Kier molecular flexibility index (Phi) is 4.27. The number of nitriles is 1. The number of rotatable bonds is 4. The lowest BCUT2D eigenvalue weighted by atomic mass is 9.79. The lowest BCUT2D eigenvalue weighted by Crippen LogP contribution is -2.38. The average Bonchev–Trinajstić information content (AvgIpc) is 2.71. The van der Waals surface area contributed by atoms with Crippen LogP contribution in [0.4, 0.5) is 5.82 Å². The maximum absolute atomic E-state index is 11.6. The van der Waals surface area contributed by atoms with Gasteiger partial charge in [-0.05, 0) is 19.4 Å². The molecule has 8 nitrogen and oxygen atoms in total. The molecule has 1 saturated heterocycles. The highest BCUT2D eigenvalue weighted by Gasteiger charge is 2.52. The van der Waals surface area contributed by atoms with Gasteiger partial charge in [-0.3, -0.25) is 4.57 Å². The summed E-state index contributed by atoms with van der Waals surface area (Å²) in [6.07, 6.45) is -0.592. The van der Waals surface area contributed by atoms with Gasteiger partial charge in [0.05, 0.1) is 18.8 Å². The van der Waals surface area contributed by atoms with Crippen molar-refractivity contribution in [3.05, 3.63) is 22.7 Å². The number of aromatic nitrogens is 2. The molecule has 0 saturated carbocycles. The number of aliphatic hydroxyl groups excluding tert-OH is 2. The predicted molar refractivity (Wildman–Crippen MR) is 73.0 cm³/mol. The van der Waals surface area contributed by atoms with E-state index in [1.165, 1.54) is 16.8 Å². The molecule has 2 heterocycles. The topological polar surface area (TPSA) is 134 Å². The van der Waals surface area contributed by atoms with Gasteiger partial charge in [0.15, 0.2) is 0 Å². The van der Waals surface area contributed by atoms with Crippen molar-refractivity contribution in [3.63, 3.8) is 0 Å². The summed E-state index contributed by atoms with van der Waals surface area (Å²) < 4.78 is 6.89. The van der Waals surface area contributed by atoms with Crippen molar-refractivity contribution >= 4 is 5.82 Å². The highest BCUT2D eigenvalue weighted by molar-refractivity contribution is 5.23. The maximum atomic E-state index is 11.6. The van der Waals surface area contributed by atoms with E-state index in [0.29, 0.717) is 6.42 Å². The van der Waals surface area contributed by atoms with E-state index in [4.69, 9.17) is 15.6 Å². The molecule has 1 aliphatic rings. The van der Waals surface area contributed by atoms with Crippen LogP contribution in [0.3, 0.4) is 0 Å². The third-order valence-electron chi connectivity index (χ3n) is 3.92. The van der Waals surface area contributed by atoms with Gasteiger partial charge in [-0.15, -0.1) is 0 Å². The third-order valence-corrected chi connectivity index (χ3v) is 3.92. The second-order valence-corrected chi connectivity index (χ2v) is 5.30. The molecule has 4 N–H and O–H groups in total. The molecule has 0 bridgehead atoms. The number of hydrogen-bond donors (Lipinski definition) is 3. The zero-order valence-electron chi connectivity index (χ0n) is 11.6. The third kappa shape index (κ3) is 2.76. The Morgan fingerprint density at radius 1 is 1.67 bits per heavy atom. The lowest BCUT2D eigenvalue weighted by Gasteiger charge is -2.24. The number of nitrogens with zero attached hydrogens (tertiary/aromatic N) is 3. The minimum Gasteiger partial charge on any atom is -0.394 e. The summed E-state index contributed by atoms with van der Waals surface area (Å²) in [6, 6.07) is 3.56. The summed E-state index contributed by atoms with van der Waals surface area (Å²) in [4.78, 5) is 15.2. The Morgan fingerprint density at radius 3 is 2.95 bits per heavy atom. The van der Waals surface area contributed by atoms with E-state index in [-0.39, 0.29) is 19.0 Å². The molecule has 1 fully saturated rings. The van der Waals surface area contributed by atoms with Crippen molar-refractivity contribution in [2.24, 2.45) is 5.41 Å². The summed E-state index contributed by atoms with van der Waals surface area (Å²) in [5.41, 5.74) is 3.80. The van der Waals surface area contributed by atoms with E-state index in [0.717, 1.165) is 0 Å². The monoisotopic (exact) mass is 294 g/mol. The fourth-order valence-corrected chi connectivity index (χ4v) is 2.52. The molecule has 4 atom stereocenters. The molecule has 21 heavy (non-hydrogen) atoms. The van der Waals surface area contributed by atoms with Crippen molar-refractivity contribution in [3.8, 4) is 6.07 Å². The quantitative estimate of drug-likeness (QED) is 0.639. The van der Waals surface area contributed by atoms with Crippen LogP contribution in [0.1, 0.15) is 13.3 Å². The molecular weight excluding hydrogens is 276 g/mol. The van der Waals surface area contributed by atoms with Crippen LogP contribution in [-0.4, -0.2) is 44.7 Å². The van der Waals surface area contributed by atoms with Gasteiger partial charge in [0.25, 0.3) is 0 Å². The van der Waals surface area contributed by atoms with Crippen LogP contribution < -0.4 is 11.4 Å². The number of anilines is 1. The first-order valence-electron chi connectivity index (χ1n) is 6.61. The highest BCUT2D eigenvalue weighted by atomic mass is 16.5. The standard InChI is InChI=1S/C13H18N4O4/c1-13(7-14)9(21-8(6-18)11(13)19)2-4-17-5-3-10(15)16-12(17)20/h3,5,8-9,11,18-19H,2,4,6H2,1H3,(H2,15,16,20)/t8-,9?,11-,13+/m1/s1. The van der Waals surface area contributed by atoms with E-state index >= 15 is 0 Å². The van der Waals surface area contributed by atoms with Crippen LogP contribution in [-0.2, 0) is 11.3 Å². The molecule has 1 aromatic rings. The van der Waals surface area contributed by atoms with Crippen molar-refractivity contribution in [1.82, 2.24) is 9.55 Å². The Hall–Kier alpha value is -1.95. The second-order valence-electron chi connectivity index (χ2n) is 5.30. The average molecular weight is 294 g/mol. The number of aryl methyl sites for hydroxylation is 1. The van der Waals surface area contributed by atoms with E-state index in [2.05, 4.69) is 11.1 Å².